The zero-order valence-corrected chi connectivity index (χ0v) is 14.7. The molecule has 1 aliphatic carbocycles. The Kier molecular flexibility index (Phi) is 4.69. The number of non-ortho nitro benzene ring substituents is 1. The van der Waals surface area contributed by atoms with Crippen molar-refractivity contribution in [3.63, 3.8) is 0 Å². The lowest BCUT2D eigenvalue weighted by Gasteiger charge is -2.34. The first-order valence-corrected chi connectivity index (χ1v) is 9.29. The van der Waals surface area contributed by atoms with Crippen LogP contribution in [-0.4, -0.2) is 46.8 Å². The molecule has 2 aliphatic heterocycles. The van der Waals surface area contributed by atoms with Crippen molar-refractivity contribution in [3.05, 3.63) is 45.7 Å². The van der Waals surface area contributed by atoms with E-state index in [1.165, 1.54) is 6.07 Å². The maximum Gasteiger partial charge on any atom is 0.270 e. The molecule has 140 valence electrons. The summed E-state index contributed by atoms with van der Waals surface area (Å²) in [5.74, 6) is 1.32. The number of morpholine rings is 1. The van der Waals surface area contributed by atoms with Crippen LogP contribution in [0.3, 0.4) is 0 Å². The van der Waals surface area contributed by atoms with Gasteiger partial charge in [-0.2, -0.15) is 0 Å². The summed E-state index contributed by atoms with van der Waals surface area (Å²) in [6, 6.07) is 4.52. The minimum Gasteiger partial charge on any atom is -0.460 e. The van der Waals surface area contributed by atoms with Gasteiger partial charge in [-0.3, -0.25) is 15.0 Å². The van der Waals surface area contributed by atoms with Crippen LogP contribution in [0.25, 0.3) is 0 Å². The van der Waals surface area contributed by atoms with Crippen LogP contribution in [0.5, 0.6) is 5.75 Å². The van der Waals surface area contributed by atoms with Crippen molar-refractivity contribution in [1.82, 2.24) is 4.90 Å². The third-order valence-corrected chi connectivity index (χ3v) is 5.54. The molecule has 0 spiro atoms. The minimum absolute atomic E-state index is 0.0586. The van der Waals surface area contributed by atoms with Crippen molar-refractivity contribution in [3.8, 4) is 5.75 Å². The molecular formula is C19H24N2O5. The van der Waals surface area contributed by atoms with Gasteiger partial charge in [-0.1, -0.05) is 19.3 Å². The second kappa shape index (κ2) is 6.98. The van der Waals surface area contributed by atoms with Gasteiger partial charge >= 0.3 is 0 Å². The van der Waals surface area contributed by atoms with E-state index in [-0.39, 0.29) is 16.7 Å². The molecule has 0 radical (unpaired) electrons. The summed E-state index contributed by atoms with van der Waals surface area (Å²) < 4.78 is 11.5. The lowest BCUT2D eigenvalue weighted by Crippen LogP contribution is -2.40. The predicted octanol–water partition coefficient (Wildman–Crippen LogP) is 2.94. The number of rotatable bonds is 3. The molecule has 0 bridgehead atoms. The van der Waals surface area contributed by atoms with Gasteiger partial charge in [0.1, 0.15) is 11.5 Å². The van der Waals surface area contributed by atoms with E-state index in [1.54, 1.807) is 12.1 Å². The molecule has 2 heterocycles. The second-order valence-electron chi connectivity index (χ2n) is 7.34. The van der Waals surface area contributed by atoms with Gasteiger partial charge in [0.15, 0.2) is 0 Å². The first-order chi connectivity index (χ1) is 12.6. The molecule has 0 amide bonds. The third kappa shape index (κ3) is 3.34. The molecule has 1 saturated carbocycles. The summed E-state index contributed by atoms with van der Waals surface area (Å²) in [5.41, 5.74) is 0.00142. The zero-order valence-electron chi connectivity index (χ0n) is 14.7. The van der Waals surface area contributed by atoms with Crippen molar-refractivity contribution in [2.45, 2.75) is 43.7 Å². The van der Waals surface area contributed by atoms with Gasteiger partial charge in [0.2, 0.25) is 0 Å². The van der Waals surface area contributed by atoms with Crippen LogP contribution in [0.1, 0.15) is 43.7 Å². The van der Waals surface area contributed by atoms with Crippen LogP contribution < -0.4 is 4.74 Å². The summed E-state index contributed by atoms with van der Waals surface area (Å²) in [6.07, 6.45) is 6.46. The van der Waals surface area contributed by atoms with E-state index >= 15 is 0 Å². The van der Waals surface area contributed by atoms with Gasteiger partial charge in [-0.05, 0) is 25.0 Å². The van der Waals surface area contributed by atoms with Crippen molar-refractivity contribution in [2.75, 3.05) is 26.3 Å². The van der Waals surface area contributed by atoms with Crippen LogP contribution in [0, 0.1) is 10.1 Å². The highest BCUT2D eigenvalue weighted by Gasteiger charge is 2.39. The molecule has 0 aromatic heterocycles. The highest BCUT2D eigenvalue weighted by molar-refractivity contribution is 5.52. The van der Waals surface area contributed by atoms with Gasteiger partial charge in [0.25, 0.3) is 5.69 Å². The molecule has 1 aromatic rings. The smallest absolute Gasteiger partial charge is 0.270 e. The lowest BCUT2D eigenvalue weighted by molar-refractivity contribution is -0.384. The average Bonchev–Trinajstić information content (AvgIpc) is 2.99. The molecule has 7 nitrogen and oxygen atoms in total. The number of nitro benzene ring substituents is 1. The van der Waals surface area contributed by atoms with Crippen LogP contribution >= 0.6 is 0 Å². The molecule has 1 atom stereocenters. The molecule has 3 aliphatic rings. The Morgan fingerprint density at radius 1 is 1.23 bits per heavy atom. The highest BCUT2D eigenvalue weighted by atomic mass is 16.6. The molecule has 7 heteroatoms. The molecule has 1 aromatic carbocycles. The van der Waals surface area contributed by atoms with Crippen LogP contribution in [0.15, 0.2) is 30.0 Å². The lowest BCUT2D eigenvalue weighted by atomic mass is 9.84. The van der Waals surface area contributed by atoms with Crippen LogP contribution in [0.4, 0.5) is 5.69 Å². The molecule has 4 rings (SSSR count). The van der Waals surface area contributed by atoms with Gasteiger partial charge in [-0.25, -0.2) is 0 Å². The van der Waals surface area contributed by atoms with Crippen LogP contribution in [0.2, 0.25) is 0 Å². The first-order valence-electron chi connectivity index (χ1n) is 9.29. The van der Waals surface area contributed by atoms with Gasteiger partial charge in [-0.15, -0.1) is 0 Å². The normalized spacial score (nSPS) is 27.1. The van der Waals surface area contributed by atoms with Crippen molar-refractivity contribution in [2.24, 2.45) is 0 Å². The summed E-state index contributed by atoms with van der Waals surface area (Å²) in [6.45, 7) is 2.70. The fourth-order valence-electron chi connectivity index (χ4n) is 4.19. The topological polar surface area (TPSA) is 85.1 Å². The summed E-state index contributed by atoms with van der Waals surface area (Å²) in [7, 11) is 0. The third-order valence-electron chi connectivity index (χ3n) is 5.54. The van der Waals surface area contributed by atoms with Crippen molar-refractivity contribution < 1.29 is 19.5 Å². The minimum atomic E-state index is -0.855. The maximum absolute atomic E-state index is 11.2. The first kappa shape index (κ1) is 17.5. The predicted molar refractivity (Wildman–Crippen MR) is 95.0 cm³/mol. The second-order valence-corrected chi connectivity index (χ2v) is 7.34. The maximum atomic E-state index is 11.2. The molecule has 2 fully saturated rings. The van der Waals surface area contributed by atoms with E-state index in [1.807, 2.05) is 6.08 Å². The molecule has 26 heavy (non-hydrogen) atoms. The molecule has 0 unspecified atom stereocenters. The van der Waals surface area contributed by atoms with Gasteiger partial charge < -0.3 is 14.6 Å². The molecule has 1 saturated heterocycles. The number of benzene rings is 1. The molecular weight excluding hydrogens is 336 g/mol. The van der Waals surface area contributed by atoms with Gasteiger partial charge in [0, 0.05) is 30.8 Å². The Bertz CT molecular complexity index is 721. The Hall–Kier alpha value is -1.96. The number of fused-ring (bicyclic) bond motifs is 1. The average molecular weight is 360 g/mol. The van der Waals surface area contributed by atoms with E-state index in [0.29, 0.717) is 24.7 Å². The summed E-state index contributed by atoms with van der Waals surface area (Å²) in [5, 5.41) is 22.2. The standard InChI is InChI=1S/C19H24N2O5/c22-19(6-2-1-3-7-19)13-17-18(20-8-10-25-11-9-20)15-12-14(21(23)24)4-5-16(15)26-17/h4-5,12-13,18,22H,1-3,6-11H2/b17-13+/t18-/m0/s1. The Balaban J connectivity index is 1.72. The Morgan fingerprint density at radius 2 is 1.96 bits per heavy atom. The Labute approximate surface area is 152 Å². The fraction of sp³-hybridized carbons (Fsp3) is 0.579. The Morgan fingerprint density at radius 3 is 2.65 bits per heavy atom. The van der Waals surface area contributed by atoms with E-state index in [9.17, 15) is 15.2 Å². The highest BCUT2D eigenvalue weighted by Crippen LogP contribution is 2.46. The largest absolute Gasteiger partial charge is 0.460 e. The monoisotopic (exact) mass is 360 g/mol. The molecule has 1 N–H and O–H groups in total. The quantitative estimate of drug-likeness (QED) is 0.659. The fourth-order valence-corrected chi connectivity index (χ4v) is 4.19. The number of aliphatic hydroxyl groups is 1. The number of hydrogen-bond acceptors (Lipinski definition) is 6. The van der Waals surface area contributed by atoms with E-state index in [4.69, 9.17) is 9.47 Å². The van der Waals surface area contributed by atoms with E-state index < -0.39 is 5.60 Å². The SMILES string of the molecule is O=[N+]([O-])c1ccc2c(c1)[C@H](N1CCOCC1)/C(=C\C1(O)CCCCC1)O2. The number of nitrogens with zero attached hydrogens (tertiary/aromatic N) is 2. The van der Waals surface area contributed by atoms with Crippen molar-refractivity contribution in [1.29, 1.82) is 0 Å². The zero-order chi connectivity index (χ0) is 18.1. The van der Waals surface area contributed by atoms with E-state index in [2.05, 4.69) is 4.90 Å². The van der Waals surface area contributed by atoms with Crippen LogP contribution in [-0.2, 0) is 4.74 Å². The van der Waals surface area contributed by atoms with E-state index in [0.717, 1.165) is 50.8 Å². The van der Waals surface area contributed by atoms with Gasteiger partial charge in [0.05, 0.1) is 29.8 Å². The summed E-state index contributed by atoms with van der Waals surface area (Å²) in [4.78, 5) is 13.0. The van der Waals surface area contributed by atoms with Crippen molar-refractivity contribution >= 4 is 5.69 Å². The number of hydrogen-bond donors (Lipinski definition) is 1. The summed E-state index contributed by atoms with van der Waals surface area (Å²) >= 11 is 0. The number of nitro groups is 1. The number of ether oxygens (including phenoxy) is 2.